The number of hydrogen-bond donors (Lipinski definition) is 3. The number of urea groups is 1. The third kappa shape index (κ3) is 8.19. The van der Waals surface area contributed by atoms with Gasteiger partial charge in [0.25, 0.3) is 10.0 Å². The van der Waals surface area contributed by atoms with Crippen molar-refractivity contribution in [3.8, 4) is 0 Å². The predicted molar refractivity (Wildman–Crippen MR) is 175 cm³/mol. The zero-order chi connectivity index (χ0) is 31.2. The van der Waals surface area contributed by atoms with Crippen LogP contribution in [0.1, 0.15) is 43.5 Å². The van der Waals surface area contributed by atoms with Gasteiger partial charge in [0.1, 0.15) is 0 Å². The number of amides is 2. The molecule has 12 heteroatoms. The first-order chi connectivity index (χ1) is 19.7. The summed E-state index contributed by atoms with van der Waals surface area (Å²) in [6.07, 6.45) is 2.08. The summed E-state index contributed by atoms with van der Waals surface area (Å²) in [4.78, 5) is 22.0. The lowest BCUT2D eigenvalue weighted by atomic mass is 9.96. The summed E-state index contributed by atoms with van der Waals surface area (Å²) in [5.41, 5.74) is 9.14. The van der Waals surface area contributed by atoms with Crippen molar-refractivity contribution in [1.82, 2.24) is 5.32 Å². The summed E-state index contributed by atoms with van der Waals surface area (Å²) < 4.78 is 28.5. The molecule has 222 valence electrons. The summed E-state index contributed by atoms with van der Waals surface area (Å²) in [5, 5.41) is 3.37. The van der Waals surface area contributed by atoms with E-state index in [0.717, 1.165) is 5.56 Å². The fourth-order valence-electron chi connectivity index (χ4n) is 4.14. The molecule has 1 atom stereocenters. The lowest BCUT2D eigenvalue weighted by Gasteiger charge is -2.23. The van der Waals surface area contributed by atoms with E-state index in [1.54, 1.807) is 50.4 Å². The summed E-state index contributed by atoms with van der Waals surface area (Å²) in [7, 11) is -2.28. The van der Waals surface area contributed by atoms with Crippen LogP contribution in [0.4, 0.5) is 16.2 Å². The molecule has 9 nitrogen and oxygen atoms in total. The van der Waals surface area contributed by atoms with Crippen molar-refractivity contribution < 1.29 is 13.2 Å². The highest BCUT2D eigenvalue weighted by Crippen LogP contribution is 2.36. The number of sulfonamides is 1. The molecular weight excluding hydrogens is 595 g/mol. The van der Waals surface area contributed by atoms with Crippen LogP contribution in [0.25, 0.3) is 5.70 Å². The second-order valence-electron chi connectivity index (χ2n) is 10.4. The number of hydrogen-bond acceptors (Lipinski definition) is 6. The van der Waals surface area contributed by atoms with Gasteiger partial charge in [-0.05, 0) is 88.2 Å². The minimum Gasteiger partial charge on any atom is -0.331 e. The van der Waals surface area contributed by atoms with Gasteiger partial charge in [-0.2, -0.15) is 0 Å². The topological polar surface area (TPSA) is 129 Å². The molecule has 42 heavy (non-hydrogen) atoms. The van der Waals surface area contributed by atoms with Gasteiger partial charge in [0.2, 0.25) is 0 Å². The molecule has 3 rings (SSSR count). The minimum atomic E-state index is -3.85. The lowest BCUT2D eigenvalue weighted by Crippen LogP contribution is -2.38. The van der Waals surface area contributed by atoms with Gasteiger partial charge in [-0.25, -0.2) is 13.2 Å². The van der Waals surface area contributed by atoms with Gasteiger partial charge in [0.15, 0.2) is 0 Å². The Kier molecular flexibility index (Phi) is 10.6. The van der Waals surface area contributed by atoms with E-state index < -0.39 is 22.1 Å². The van der Waals surface area contributed by atoms with Crippen molar-refractivity contribution in [2.45, 2.75) is 43.7 Å². The van der Waals surface area contributed by atoms with E-state index in [4.69, 9.17) is 28.9 Å². The Morgan fingerprint density at radius 2 is 1.67 bits per heavy atom. The van der Waals surface area contributed by atoms with Gasteiger partial charge in [-0.3, -0.25) is 19.6 Å². The summed E-state index contributed by atoms with van der Waals surface area (Å²) in [6.45, 7) is 12.5. The van der Waals surface area contributed by atoms with Crippen LogP contribution in [0, 0.1) is 0 Å². The molecule has 3 aromatic rings. The van der Waals surface area contributed by atoms with E-state index in [1.165, 1.54) is 23.2 Å². The highest BCUT2D eigenvalue weighted by molar-refractivity contribution is 7.92. The molecule has 0 radical (unpaired) electrons. The molecular formula is C30H34Cl2N6O3S. The van der Waals surface area contributed by atoms with Crippen LogP contribution in [-0.4, -0.2) is 40.5 Å². The van der Waals surface area contributed by atoms with E-state index in [2.05, 4.69) is 33.5 Å². The molecule has 0 heterocycles. The van der Waals surface area contributed by atoms with Gasteiger partial charge >= 0.3 is 6.03 Å². The van der Waals surface area contributed by atoms with Gasteiger partial charge in [0, 0.05) is 29.5 Å². The summed E-state index contributed by atoms with van der Waals surface area (Å²) in [6, 6.07) is 15.5. The molecule has 0 saturated carbocycles. The van der Waals surface area contributed by atoms with Crippen LogP contribution >= 0.6 is 23.2 Å². The van der Waals surface area contributed by atoms with Crippen LogP contribution in [0.3, 0.4) is 0 Å². The Hall–Kier alpha value is -3.70. The Bertz CT molecular complexity index is 1600. The van der Waals surface area contributed by atoms with Crippen molar-refractivity contribution in [2.75, 3.05) is 16.7 Å². The molecule has 0 spiro atoms. The second kappa shape index (κ2) is 13.5. The Labute approximate surface area is 257 Å². The molecule has 2 amide bonds. The maximum atomic E-state index is 13.0. The van der Waals surface area contributed by atoms with Gasteiger partial charge < -0.3 is 11.1 Å². The Balaban J connectivity index is 1.69. The molecule has 4 N–H and O–H groups in total. The number of nitrogens with one attached hydrogen (secondary N) is 2. The number of anilines is 2. The number of carbonyl (C=O) groups is 1. The smallest absolute Gasteiger partial charge is 0.322 e. The molecule has 0 fully saturated rings. The summed E-state index contributed by atoms with van der Waals surface area (Å²) in [5.74, 6) is 0. The monoisotopic (exact) mass is 628 g/mol. The first kappa shape index (κ1) is 32.8. The Morgan fingerprint density at radius 1 is 1.05 bits per heavy atom. The average molecular weight is 630 g/mol. The molecule has 0 unspecified atom stereocenters. The van der Waals surface area contributed by atoms with Crippen LogP contribution in [0.5, 0.6) is 0 Å². The molecule has 3 aromatic carbocycles. The molecule has 0 aliphatic carbocycles. The van der Waals surface area contributed by atoms with Crippen LogP contribution in [0.15, 0.2) is 81.7 Å². The van der Waals surface area contributed by atoms with Crippen LogP contribution < -0.4 is 20.7 Å². The first-order valence-corrected chi connectivity index (χ1v) is 15.1. The molecule has 0 aromatic heterocycles. The second-order valence-corrected chi connectivity index (χ2v) is 12.8. The van der Waals surface area contributed by atoms with Crippen molar-refractivity contribution in [3.05, 3.63) is 93.6 Å². The largest absolute Gasteiger partial charge is 0.331 e. The van der Waals surface area contributed by atoms with E-state index in [1.807, 2.05) is 26.0 Å². The van der Waals surface area contributed by atoms with E-state index in [0.29, 0.717) is 34.6 Å². The van der Waals surface area contributed by atoms with E-state index in [9.17, 15) is 13.2 Å². The number of halogens is 2. The number of nitrogens with two attached hydrogens (primary N) is 1. The molecule has 0 saturated heterocycles. The van der Waals surface area contributed by atoms with Crippen molar-refractivity contribution >= 4 is 69.8 Å². The van der Waals surface area contributed by atoms with Gasteiger partial charge in [-0.15, -0.1) is 0 Å². The first-order valence-electron chi connectivity index (χ1n) is 12.8. The van der Waals surface area contributed by atoms with Crippen molar-refractivity contribution in [3.63, 3.8) is 0 Å². The van der Waals surface area contributed by atoms with Crippen LogP contribution in [0.2, 0.25) is 10.0 Å². The quantitative estimate of drug-likeness (QED) is 0.204. The zero-order valence-electron chi connectivity index (χ0n) is 23.9. The normalized spacial score (nSPS) is 12.8. The van der Waals surface area contributed by atoms with Crippen LogP contribution in [-0.2, 0) is 16.4 Å². The van der Waals surface area contributed by atoms with Gasteiger partial charge in [0.05, 0.1) is 32.9 Å². The number of rotatable bonds is 11. The van der Waals surface area contributed by atoms with E-state index in [-0.39, 0.29) is 20.5 Å². The average Bonchev–Trinajstić information content (AvgIpc) is 2.93. The molecule has 0 bridgehead atoms. The van der Waals surface area contributed by atoms with Gasteiger partial charge in [-0.1, -0.05) is 47.5 Å². The minimum absolute atomic E-state index is 0.0520. The third-order valence-electron chi connectivity index (χ3n) is 6.28. The van der Waals surface area contributed by atoms with E-state index >= 15 is 0 Å². The third-order valence-corrected chi connectivity index (χ3v) is 8.58. The predicted octanol–water partition coefficient (Wildman–Crippen LogP) is 6.68. The standard InChI is InChI=1S/C30H34Cl2N6O3S/c1-19(24-15-16-25(28(32)27(24)31)26(35-5)18-34-4)36-29(39)38(6)22-11-13-23(14-12-22)42(40,41)37-21-9-7-20(8-10-21)17-30(2,3)33/h7-16,18-19,37H,4-5,17,33H2,1-3,6H3,(H,36,39)/b26-18-/t19-/m0/s1. The number of aliphatic imine (C=N–C) groups is 2. The zero-order valence-corrected chi connectivity index (χ0v) is 26.2. The Morgan fingerprint density at radius 3 is 2.21 bits per heavy atom. The lowest BCUT2D eigenvalue weighted by molar-refractivity contribution is 0.244. The SMILES string of the molecule is C=N/C=C(\N=C)c1ccc([C@H](C)NC(=O)N(C)c2ccc(S(=O)(=O)Nc3ccc(CC(C)(C)N)cc3)cc2)c(Cl)c1Cl. The maximum absolute atomic E-state index is 13.0. The summed E-state index contributed by atoms with van der Waals surface area (Å²) >= 11 is 13.0. The number of nitrogens with zero attached hydrogens (tertiary/aromatic N) is 3. The number of benzene rings is 3. The molecule has 0 aliphatic rings. The fourth-order valence-corrected chi connectivity index (χ4v) is 5.79. The maximum Gasteiger partial charge on any atom is 0.322 e. The number of carbonyl (C=O) groups excluding carboxylic acids is 1. The van der Waals surface area contributed by atoms with Crippen molar-refractivity contribution in [1.29, 1.82) is 0 Å². The fraction of sp³-hybridized carbons (Fsp3) is 0.233. The molecule has 0 aliphatic heterocycles. The highest BCUT2D eigenvalue weighted by Gasteiger charge is 2.21. The highest BCUT2D eigenvalue weighted by atomic mass is 35.5. The van der Waals surface area contributed by atoms with Crippen molar-refractivity contribution in [2.24, 2.45) is 15.7 Å².